The van der Waals surface area contributed by atoms with E-state index in [0.717, 1.165) is 13.0 Å². The zero-order valence-electron chi connectivity index (χ0n) is 9.48. The Morgan fingerprint density at radius 2 is 1.86 bits per heavy atom. The van der Waals surface area contributed by atoms with Crippen molar-refractivity contribution in [2.24, 2.45) is 0 Å². The fraction of sp³-hybridized carbons (Fsp3) is 1.00. The number of nitrogens with zero attached hydrogens (tertiary/aromatic N) is 2. The van der Waals surface area contributed by atoms with Crippen LogP contribution in [0.5, 0.6) is 0 Å². The van der Waals surface area contributed by atoms with Crippen molar-refractivity contribution in [2.45, 2.75) is 51.4 Å². The van der Waals surface area contributed by atoms with Crippen molar-refractivity contribution >= 4 is 0 Å². The molecule has 0 aromatic rings. The lowest BCUT2D eigenvalue weighted by Gasteiger charge is -2.47. The van der Waals surface area contributed by atoms with Gasteiger partial charge in [-0.15, -0.1) is 0 Å². The van der Waals surface area contributed by atoms with E-state index in [4.69, 9.17) is 0 Å². The van der Waals surface area contributed by atoms with E-state index in [9.17, 15) is 5.11 Å². The Morgan fingerprint density at radius 3 is 2.29 bits per heavy atom. The van der Waals surface area contributed by atoms with Crippen LogP contribution >= 0.6 is 0 Å². The molecule has 82 valence electrons. The van der Waals surface area contributed by atoms with Crippen molar-refractivity contribution in [3.05, 3.63) is 0 Å². The minimum Gasteiger partial charge on any atom is -0.392 e. The maximum atomic E-state index is 9.56. The molecule has 2 atom stereocenters. The summed E-state index contributed by atoms with van der Waals surface area (Å²) in [6.45, 7) is 9.99. The molecule has 0 aromatic heterocycles. The van der Waals surface area contributed by atoms with Gasteiger partial charge in [0.1, 0.15) is 0 Å². The molecular formula is C11H22N2O. The molecule has 0 bridgehead atoms. The zero-order chi connectivity index (χ0) is 10.3. The van der Waals surface area contributed by atoms with Crippen molar-refractivity contribution in [1.82, 2.24) is 9.80 Å². The molecule has 0 amide bonds. The first kappa shape index (κ1) is 10.4. The summed E-state index contributed by atoms with van der Waals surface area (Å²) in [5.74, 6) is 0. The lowest BCUT2D eigenvalue weighted by molar-refractivity contribution is 0.00648. The predicted molar refractivity (Wildman–Crippen MR) is 57.3 cm³/mol. The molecular weight excluding hydrogens is 176 g/mol. The summed E-state index contributed by atoms with van der Waals surface area (Å²) in [6.07, 6.45) is 0.871. The van der Waals surface area contributed by atoms with Gasteiger partial charge in [-0.05, 0) is 27.2 Å². The Labute approximate surface area is 86.7 Å². The molecule has 0 unspecified atom stereocenters. The normalized spacial score (nSPS) is 36.6. The molecule has 0 saturated carbocycles. The van der Waals surface area contributed by atoms with E-state index in [-0.39, 0.29) is 6.10 Å². The van der Waals surface area contributed by atoms with Gasteiger partial charge < -0.3 is 5.11 Å². The summed E-state index contributed by atoms with van der Waals surface area (Å²) in [4.78, 5) is 4.96. The van der Waals surface area contributed by atoms with Crippen LogP contribution in [0, 0.1) is 0 Å². The molecule has 2 rings (SSSR count). The van der Waals surface area contributed by atoms with E-state index in [1.165, 1.54) is 13.1 Å². The summed E-state index contributed by atoms with van der Waals surface area (Å²) in [6, 6.07) is 1.95. The molecule has 1 N–H and O–H groups in total. The fourth-order valence-corrected chi connectivity index (χ4v) is 2.66. The summed E-state index contributed by atoms with van der Waals surface area (Å²) >= 11 is 0. The van der Waals surface area contributed by atoms with Crippen LogP contribution in [0.4, 0.5) is 0 Å². The van der Waals surface area contributed by atoms with Gasteiger partial charge in [-0.25, -0.2) is 0 Å². The van der Waals surface area contributed by atoms with Crippen LogP contribution in [0.15, 0.2) is 0 Å². The first-order valence-corrected chi connectivity index (χ1v) is 5.75. The van der Waals surface area contributed by atoms with Gasteiger partial charge in [-0.1, -0.05) is 0 Å². The second-order valence-corrected chi connectivity index (χ2v) is 5.14. The molecule has 0 spiro atoms. The van der Waals surface area contributed by atoms with Crippen LogP contribution < -0.4 is 0 Å². The highest BCUT2D eigenvalue weighted by molar-refractivity contribution is 4.95. The SMILES string of the molecule is CC(C)N1CC(N2C[C@@H](O)C[C@H]2C)C1. The van der Waals surface area contributed by atoms with E-state index in [2.05, 4.69) is 30.6 Å². The molecule has 3 heteroatoms. The van der Waals surface area contributed by atoms with Gasteiger partial charge in [-0.3, -0.25) is 9.80 Å². The molecule has 2 fully saturated rings. The maximum Gasteiger partial charge on any atom is 0.0682 e. The highest BCUT2D eigenvalue weighted by Gasteiger charge is 2.39. The quantitative estimate of drug-likeness (QED) is 0.701. The standard InChI is InChI=1S/C11H22N2O/c1-8(2)12-5-10(6-12)13-7-11(14)4-9(13)3/h8-11,14H,4-7H2,1-3H3/t9-,11+/m1/s1. The van der Waals surface area contributed by atoms with Gasteiger partial charge in [0.25, 0.3) is 0 Å². The van der Waals surface area contributed by atoms with Crippen molar-refractivity contribution in [3.8, 4) is 0 Å². The van der Waals surface area contributed by atoms with Gasteiger partial charge in [0.15, 0.2) is 0 Å². The lowest BCUT2D eigenvalue weighted by atomic mass is 10.0. The number of hydrogen-bond donors (Lipinski definition) is 1. The molecule has 2 heterocycles. The topological polar surface area (TPSA) is 26.7 Å². The van der Waals surface area contributed by atoms with Crippen molar-refractivity contribution in [3.63, 3.8) is 0 Å². The Hall–Kier alpha value is -0.120. The summed E-state index contributed by atoms with van der Waals surface area (Å²) in [5, 5.41) is 9.56. The molecule has 0 aliphatic carbocycles. The third kappa shape index (κ3) is 1.81. The van der Waals surface area contributed by atoms with E-state index < -0.39 is 0 Å². The molecule has 2 saturated heterocycles. The average Bonchev–Trinajstić information content (AvgIpc) is 2.26. The first-order chi connectivity index (χ1) is 6.58. The monoisotopic (exact) mass is 198 g/mol. The second-order valence-electron chi connectivity index (χ2n) is 5.14. The van der Waals surface area contributed by atoms with Crippen molar-refractivity contribution in [2.75, 3.05) is 19.6 Å². The van der Waals surface area contributed by atoms with E-state index in [0.29, 0.717) is 18.1 Å². The predicted octanol–water partition coefficient (Wildman–Crippen LogP) is 0.534. The molecule has 0 aromatic carbocycles. The third-order valence-corrected chi connectivity index (χ3v) is 3.69. The number of hydrogen-bond acceptors (Lipinski definition) is 3. The Morgan fingerprint density at radius 1 is 1.21 bits per heavy atom. The summed E-state index contributed by atoms with van der Waals surface area (Å²) < 4.78 is 0. The number of aliphatic hydroxyl groups excluding tert-OH is 1. The molecule has 14 heavy (non-hydrogen) atoms. The number of β-amino-alcohol motifs (C(OH)–C–C–N with tert-alkyl or cyclic N) is 1. The largest absolute Gasteiger partial charge is 0.392 e. The van der Waals surface area contributed by atoms with Gasteiger partial charge in [0, 0.05) is 37.8 Å². The van der Waals surface area contributed by atoms with Crippen LogP contribution in [0.25, 0.3) is 0 Å². The molecule has 2 aliphatic heterocycles. The number of aliphatic hydroxyl groups is 1. The molecule has 3 nitrogen and oxygen atoms in total. The Bertz CT molecular complexity index is 201. The van der Waals surface area contributed by atoms with Crippen LogP contribution in [-0.2, 0) is 0 Å². The summed E-state index contributed by atoms with van der Waals surface area (Å²) in [5.41, 5.74) is 0. The van der Waals surface area contributed by atoms with Gasteiger partial charge >= 0.3 is 0 Å². The van der Waals surface area contributed by atoms with E-state index in [1.54, 1.807) is 0 Å². The van der Waals surface area contributed by atoms with E-state index in [1.807, 2.05) is 0 Å². The van der Waals surface area contributed by atoms with E-state index >= 15 is 0 Å². The highest BCUT2D eigenvalue weighted by Crippen LogP contribution is 2.26. The Balaban J connectivity index is 1.82. The van der Waals surface area contributed by atoms with Gasteiger partial charge in [0.2, 0.25) is 0 Å². The highest BCUT2D eigenvalue weighted by atomic mass is 16.3. The summed E-state index contributed by atoms with van der Waals surface area (Å²) in [7, 11) is 0. The smallest absolute Gasteiger partial charge is 0.0682 e. The van der Waals surface area contributed by atoms with Crippen molar-refractivity contribution < 1.29 is 5.11 Å². The lowest BCUT2D eigenvalue weighted by Crippen LogP contribution is -2.61. The van der Waals surface area contributed by atoms with Crippen LogP contribution in [0.2, 0.25) is 0 Å². The van der Waals surface area contributed by atoms with Crippen LogP contribution in [0.3, 0.4) is 0 Å². The van der Waals surface area contributed by atoms with Crippen LogP contribution in [0.1, 0.15) is 27.2 Å². The van der Waals surface area contributed by atoms with Crippen LogP contribution in [-0.4, -0.2) is 58.8 Å². The Kier molecular flexibility index (Phi) is 2.82. The van der Waals surface area contributed by atoms with Gasteiger partial charge in [0.05, 0.1) is 6.10 Å². The molecule has 2 aliphatic rings. The fourth-order valence-electron chi connectivity index (χ4n) is 2.66. The first-order valence-electron chi connectivity index (χ1n) is 5.75. The number of likely N-dealkylation sites (tertiary alicyclic amines) is 2. The molecule has 0 radical (unpaired) electrons. The minimum atomic E-state index is -0.0851. The van der Waals surface area contributed by atoms with Crippen molar-refractivity contribution in [1.29, 1.82) is 0 Å². The second kappa shape index (κ2) is 3.80. The maximum absolute atomic E-state index is 9.56. The average molecular weight is 198 g/mol. The zero-order valence-corrected chi connectivity index (χ0v) is 9.48. The third-order valence-electron chi connectivity index (χ3n) is 3.69. The van der Waals surface area contributed by atoms with Gasteiger partial charge in [-0.2, -0.15) is 0 Å². The number of rotatable bonds is 2. The minimum absolute atomic E-state index is 0.0851.